The molecule has 0 aliphatic carbocycles. The van der Waals surface area contributed by atoms with E-state index in [0.29, 0.717) is 56.7 Å². The van der Waals surface area contributed by atoms with Crippen molar-refractivity contribution >= 4 is 43.5 Å². The smallest absolute Gasteiger partial charge is 0.319 e. The second-order valence-corrected chi connectivity index (χ2v) is 19.4. The van der Waals surface area contributed by atoms with Gasteiger partial charge >= 0.3 is 6.03 Å². The Morgan fingerprint density at radius 1 is 1.05 bits per heavy atom. The molecule has 232 valence electrons. The Bertz CT molecular complexity index is 1200. The highest BCUT2D eigenvalue weighted by Crippen LogP contribution is 2.37. The summed E-state index contributed by atoms with van der Waals surface area (Å²) in [5, 5.41) is 6.37. The van der Waals surface area contributed by atoms with Gasteiger partial charge in [0, 0.05) is 36.0 Å². The maximum absolute atomic E-state index is 13.6. The number of carbonyl (C=O) groups excluding carboxylic acids is 3. The van der Waals surface area contributed by atoms with Crippen LogP contribution >= 0.6 is 11.6 Å². The van der Waals surface area contributed by atoms with Gasteiger partial charge < -0.3 is 34.7 Å². The number of rotatable bonds is 7. The summed E-state index contributed by atoms with van der Waals surface area (Å²) in [7, 11) is -1.88. The molecule has 3 heterocycles. The van der Waals surface area contributed by atoms with Gasteiger partial charge in [0.1, 0.15) is 18.5 Å². The lowest BCUT2D eigenvalue weighted by Crippen LogP contribution is -2.58. The van der Waals surface area contributed by atoms with E-state index in [1.807, 2.05) is 36.8 Å². The van der Waals surface area contributed by atoms with E-state index in [-0.39, 0.29) is 22.9 Å². The van der Waals surface area contributed by atoms with Crippen molar-refractivity contribution < 1.29 is 18.8 Å². The lowest BCUT2D eigenvalue weighted by atomic mass is 9.85. The van der Waals surface area contributed by atoms with Gasteiger partial charge in [-0.2, -0.15) is 0 Å². The highest BCUT2D eigenvalue weighted by molar-refractivity contribution is 6.74. The maximum atomic E-state index is 13.6. The SMILES string of the molecule is CC(C)(C)[C@@H](NC(=O)Nc1ccc(Cl)cc1)C(=O)N1CCC(N2CN3CN(CO[Si](C)(C)C(C)(C)C)C=C3C2=O)CC1. The number of nitrogens with zero attached hydrogens (tertiary/aromatic N) is 4. The summed E-state index contributed by atoms with van der Waals surface area (Å²) in [5.74, 6) is -0.0663. The van der Waals surface area contributed by atoms with Crippen molar-refractivity contribution in [3.8, 4) is 0 Å². The second kappa shape index (κ2) is 12.1. The van der Waals surface area contributed by atoms with Crippen molar-refractivity contribution in [2.45, 2.75) is 84.6 Å². The van der Waals surface area contributed by atoms with E-state index >= 15 is 0 Å². The highest BCUT2D eigenvalue weighted by atomic mass is 35.5. The van der Waals surface area contributed by atoms with E-state index in [0.717, 1.165) is 5.70 Å². The number of piperidine rings is 1. The molecule has 2 N–H and O–H groups in total. The molecular weight excluding hydrogens is 572 g/mol. The Morgan fingerprint density at radius 3 is 2.21 bits per heavy atom. The van der Waals surface area contributed by atoms with E-state index in [4.69, 9.17) is 16.0 Å². The van der Waals surface area contributed by atoms with Gasteiger partial charge in [-0.25, -0.2) is 4.79 Å². The second-order valence-electron chi connectivity index (χ2n) is 14.2. The molecule has 0 unspecified atom stereocenters. The van der Waals surface area contributed by atoms with Crippen LogP contribution < -0.4 is 10.6 Å². The van der Waals surface area contributed by atoms with Gasteiger partial charge in [-0.1, -0.05) is 53.1 Å². The normalized spacial score (nSPS) is 19.2. The molecule has 0 spiro atoms. The largest absolute Gasteiger partial charge is 0.400 e. The molecule has 2 saturated heterocycles. The van der Waals surface area contributed by atoms with Crippen LogP contribution in [0.5, 0.6) is 0 Å². The third-order valence-electron chi connectivity index (χ3n) is 8.91. The van der Waals surface area contributed by atoms with E-state index in [1.165, 1.54) is 0 Å². The predicted octanol–water partition coefficient (Wildman–Crippen LogP) is 5.06. The van der Waals surface area contributed by atoms with Gasteiger partial charge in [0.25, 0.3) is 5.91 Å². The number of halogens is 1. The summed E-state index contributed by atoms with van der Waals surface area (Å²) in [5.41, 5.74) is 0.819. The zero-order valence-corrected chi connectivity index (χ0v) is 28.0. The topological polar surface area (TPSA) is 97.5 Å². The molecule has 0 radical (unpaired) electrons. The first-order valence-electron chi connectivity index (χ1n) is 14.7. The molecule has 0 aromatic heterocycles. The number of anilines is 1. The minimum atomic E-state index is -1.88. The number of urea groups is 1. The van der Waals surface area contributed by atoms with Crippen molar-refractivity contribution in [2.75, 3.05) is 38.5 Å². The standard InChI is InChI=1S/C30H47ClN6O4Si/c1-29(2,3)25(33-28(40)32-22-11-9-21(31)10-12-22)27(39)35-15-13-23(14-16-35)37-19-36-18-34(17-24(36)26(37)38)20-41-42(7,8)30(4,5)6/h9-12,17,23,25H,13-16,18-20H2,1-8H3,(H2,32,33,40)/t25-/m0/s1. The number of likely N-dealkylation sites (tertiary alicyclic amines) is 1. The molecule has 3 aliphatic heterocycles. The lowest BCUT2D eigenvalue weighted by molar-refractivity contribution is -0.138. The van der Waals surface area contributed by atoms with Crippen molar-refractivity contribution in [3.05, 3.63) is 41.2 Å². The summed E-state index contributed by atoms with van der Waals surface area (Å²) in [6, 6.07) is 5.73. The predicted molar refractivity (Wildman–Crippen MR) is 168 cm³/mol. The van der Waals surface area contributed by atoms with E-state index in [1.54, 1.807) is 24.3 Å². The van der Waals surface area contributed by atoms with Crippen LogP contribution in [0.4, 0.5) is 10.5 Å². The number of amides is 4. The molecule has 1 aromatic carbocycles. The molecule has 4 rings (SSSR count). The number of benzene rings is 1. The van der Waals surface area contributed by atoms with Crippen LogP contribution in [0.15, 0.2) is 36.2 Å². The number of carbonyl (C=O) groups is 3. The van der Waals surface area contributed by atoms with Gasteiger partial charge in [0.05, 0.1) is 13.3 Å². The van der Waals surface area contributed by atoms with Crippen molar-refractivity contribution in [1.29, 1.82) is 0 Å². The van der Waals surface area contributed by atoms with E-state index < -0.39 is 25.8 Å². The van der Waals surface area contributed by atoms with Crippen LogP contribution in [-0.2, 0) is 14.0 Å². The average molecular weight is 619 g/mol. The molecular formula is C30H47ClN6O4Si. The van der Waals surface area contributed by atoms with Gasteiger partial charge in [0.2, 0.25) is 5.91 Å². The fraction of sp³-hybridized carbons (Fsp3) is 0.633. The minimum Gasteiger partial charge on any atom is -0.400 e. The molecule has 0 saturated carbocycles. The molecule has 1 atom stereocenters. The molecule has 4 amide bonds. The summed E-state index contributed by atoms with van der Waals surface area (Å²) in [6.45, 7) is 19.7. The summed E-state index contributed by atoms with van der Waals surface area (Å²) in [4.78, 5) is 47.7. The fourth-order valence-corrected chi connectivity index (χ4v) is 6.23. The number of hydrogen-bond donors (Lipinski definition) is 2. The van der Waals surface area contributed by atoms with Gasteiger partial charge in [0.15, 0.2) is 8.32 Å². The first kappa shape index (κ1) is 32.2. The third kappa shape index (κ3) is 7.23. The summed E-state index contributed by atoms with van der Waals surface area (Å²) in [6.07, 6.45) is 3.33. The number of hydrogen-bond acceptors (Lipinski definition) is 6. The fourth-order valence-electron chi connectivity index (χ4n) is 5.18. The number of nitrogens with one attached hydrogen (secondary N) is 2. The Balaban J connectivity index is 1.30. The molecule has 42 heavy (non-hydrogen) atoms. The Hall–Kier alpha value is -2.76. The Kier molecular flexibility index (Phi) is 9.25. The van der Waals surface area contributed by atoms with Crippen molar-refractivity contribution in [3.63, 3.8) is 0 Å². The molecule has 3 aliphatic rings. The molecule has 1 aromatic rings. The van der Waals surface area contributed by atoms with Crippen LogP contribution in [-0.4, -0.2) is 91.0 Å². The molecule has 12 heteroatoms. The van der Waals surface area contributed by atoms with Crippen molar-refractivity contribution in [1.82, 2.24) is 24.9 Å². The average Bonchev–Trinajstić information content (AvgIpc) is 3.44. The zero-order chi connectivity index (χ0) is 31.0. The molecule has 2 fully saturated rings. The number of fused-ring (bicyclic) bond motifs is 1. The molecule has 0 bridgehead atoms. The first-order valence-corrected chi connectivity index (χ1v) is 18.0. The van der Waals surface area contributed by atoms with Gasteiger partial charge in [-0.05, 0) is 60.7 Å². The maximum Gasteiger partial charge on any atom is 0.319 e. The van der Waals surface area contributed by atoms with Crippen molar-refractivity contribution in [2.24, 2.45) is 5.41 Å². The Morgan fingerprint density at radius 2 is 1.67 bits per heavy atom. The Labute approximate surface area is 256 Å². The quantitative estimate of drug-likeness (QED) is 0.415. The van der Waals surface area contributed by atoms with E-state index in [9.17, 15) is 14.4 Å². The van der Waals surface area contributed by atoms with Crippen LogP contribution in [0.25, 0.3) is 0 Å². The lowest BCUT2D eigenvalue weighted by Gasteiger charge is -2.40. The zero-order valence-electron chi connectivity index (χ0n) is 26.3. The van der Waals surface area contributed by atoms with Gasteiger partial charge in [-0.3, -0.25) is 9.59 Å². The van der Waals surface area contributed by atoms with Crippen LogP contribution in [0.2, 0.25) is 23.2 Å². The minimum absolute atomic E-state index is 0.0442. The summed E-state index contributed by atoms with van der Waals surface area (Å²) < 4.78 is 6.35. The van der Waals surface area contributed by atoms with Crippen LogP contribution in [0.3, 0.4) is 0 Å². The third-order valence-corrected chi connectivity index (χ3v) is 13.6. The summed E-state index contributed by atoms with van der Waals surface area (Å²) >= 11 is 5.94. The van der Waals surface area contributed by atoms with Crippen LogP contribution in [0.1, 0.15) is 54.4 Å². The highest BCUT2D eigenvalue weighted by Gasteiger charge is 2.44. The van der Waals surface area contributed by atoms with E-state index in [2.05, 4.69) is 54.3 Å². The van der Waals surface area contributed by atoms with Crippen LogP contribution in [0, 0.1) is 5.41 Å². The first-order chi connectivity index (χ1) is 19.5. The van der Waals surface area contributed by atoms with Gasteiger partial charge in [-0.15, -0.1) is 0 Å². The molecule has 10 nitrogen and oxygen atoms in total. The monoisotopic (exact) mass is 618 g/mol.